The third-order valence-corrected chi connectivity index (χ3v) is 6.59. The van der Waals surface area contributed by atoms with Gasteiger partial charge >= 0.3 is 5.97 Å². The molecule has 5 nitrogen and oxygen atoms in total. The van der Waals surface area contributed by atoms with E-state index in [-0.39, 0.29) is 46.3 Å². The molecule has 5 atom stereocenters. The minimum Gasteiger partial charge on any atom is -0.330 e. The van der Waals surface area contributed by atoms with Crippen molar-refractivity contribution in [3.63, 3.8) is 0 Å². The van der Waals surface area contributed by atoms with Gasteiger partial charge in [0.2, 0.25) is 0 Å². The zero-order valence-electron chi connectivity index (χ0n) is 17.0. The van der Waals surface area contributed by atoms with Gasteiger partial charge < -0.3 is 4.84 Å². The molecule has 0 aromatic heterocycles. The van der Waals surface area contributed by atoms with Crippen molar-refractivity contribution in [2.45, 2.75) is 61.3 Å². The summed E-state index contributed by atoms with van der Waals surface area (Å²) in [5.41, 5.74) is -1.29. The molecule has 5 heteroatoms. The van der Waals surface area contributed by atoms with Gasteiger partial charge in [-0.1, -0.05) is 53.7 Å². The van der Waals surface area contributed by atoms with Crippen molar-refractivity contribution in [2.24, 2.45) is 39.9 Å². The Hall–Kier alpha value is -1.65. The number of carbonyl (C=O) groups excluding carboxylic acids is 3. The number of fused-ring (bicyclic) bond motifs is 5. The summed E-state index contributed by atoms with van der Waals surface area (Å²) >= 11 is 0. The van der Waals surface area contributed by atoms with Crippen LogP contribution < -0.4 is 0 Å². The Morgan fingerprint density at radius 1 is 1.00 bits per heavy atom. The molecule has 2 aliphatic carbocycles. The lowest BCUT2D eigenvalue weighted by atomic mass is 9.61. The number of hydroxylamine groups is 2. The predicted octanol–water partition coefficient (Wildman–Crippen LogP) is 3.74. The Morgan fingerprint density at radius 2 is 1.46 bits per heavy atom. The summed E-state index contributed by atoms with van der Waals surface area (Å²) in [7, 11) is 0. The van der Waals surface area contributed by atoms with Crippen LogP contribution in [-0.2, 0) is 19.2 Å². The minimum absolute atomic E-state index is 0.0976. The Bertz CT molecular complexity index is 651. The smallest absolute Gasteiger partial charge is 0.330 e. The van der Waals surface area contributed by atoms with E-state index in [0.29, 0.717) is 6.42 Å². The van der Waals surface area contributed by atoms with E-state index in [1.165, 1.54) is 0 Å². The van der Waals surface area contributed by atoms with Gasteiger partial charge in [0.25, 0.3) is 11.8 Å². The largest absolute Gasteiger partial charge is 0.339 e. The Balaban J connectivity index is 1.83. The van der Waals surface area contributed by atoms with E-state index in [1.54, 1.807) is 0 Å². The van der Waals surface area contributed by atoms with Crippen molar-refractivity contribution in [3.8, 4) is 0 Å². The quantitative estimate of drug-likeness (QED) is 0.567. The lowest BCUT2D eigenvalue weighted by Crippen LogP contribution is -2.48. The predicted molar refractivity (Wildman–Crippen MR) is 97.3 cm³/mol. The summed E-state index contributed by atoms with van der Waals surface area (Å²) < 4.78 is 0. The van der Waals surface area contributed by atoms with Crippen molar-refractivity contribution in [2.75, 3.05) is 0 Å². The maximum atomic E-state index is 13.2. The van der Waals surface area contributed by atoms with Crippen molar-refractivity contribution in [1.82, 2.24) is 5.06 Å². The molecule has 1 saturated heterocycles. The molecule has 5 unspecified atom stereocenters. The number of hydrogen-bond acceptors (Lipinski definition) is 4. The number of allylic oxidation sites excluding steroid dienone is 2. The highest BCUT2D eigenvalue weighted by Gasteiger charge is 2.61. The summed E-state index contributed by atoms with van der Waals surface area (Å²) in [6.07, 6.45) is 5.51. The van der Waals surface area contributed by atoms with Gasteiger partial charge in [0.05, 0.1) is 17.3 Å². The van der Waals surface area contributed by atoms with E-state index in [4.69, 9.17) is 4.84 Å². The van der Waals surface area contributed by atoms with E-state index in [0.717, 1.165) is 11.5 Å². The molecule has 1 aliphatic heterocycles. The summed E-state index contributed by atoms with van der Waals surface area (Å²) in [5, 5.41) is 0.774. The van der Waals surface area contributed by atoms with Gasteiger partial charge in [-0.25, -0.2) is 4.79 Å². The van der Waals surface area contributed by atoms with Crippen LogP contribution >= 0.6 is 0 Å². The molecule has 1 saturated carbocycles. The van der Waals surface area contributed by atoms with Crippen LogP contribution in [0.2, 0.25) is 0 Å². The van der Waals surface area contributed by atoms with E-state index in [1.807, 2.05) is 39.8 Å². The van der Waals surface area contributed by atoms with Gasteiger partial charge in [-0.15, -0.1) is 5.06 Å². The maximum Gasteiger partial charge on any atom is 0.339 e. The molecule has 0 spiro atoms. The van der Waals surface area contributed by atoms with Gasteiger partial charge in [0.15, 0.2) is 0 Å². The van der Waals surface area contributed by atoms with E-state index in [9.17, 15) is 14.4 Å². The molecule has 26 heavy (non-hydrogen) atoms. The molecule has 2 bridgehead atoms. The van der Waals surface area contributed by atoms with Crippen LogP contribution in [0.4, 0.5) is 0 Å². The highest BCUT2D eigenvalue weighted by Crippen LogP contribution is 2.53. The van der Waals surface area contributed by atoms with Gasteiger partial charge in [-0.2, -0.15) is 0 Å². The zero-order chi connectivity index (χ0) is 19.7. The molecule has 1 heterocycles. The molecule has 3 rings (SSSR count). The van der Waals surface area contributed by atoms with Crippen LogP contribution in [0.1, 0.15) is 61.3 Å². The van der Waals surface area contributed by atoms with Crippen LogP contribution in [0.5, 0.6) is 0 Å². The van der Waals surface area contributed by atoms with Crippen LogP contribution in [0.3, 0.4) is 0 Å². The molecular weight excluding hydrogens is 330 g/mol. The standard InChI is InChI=1S/C21H31NO4/c1-19(2,3)11-21(7,20(4,5)6)18(25)26-22-16(23)14-12-8-9-13(10-12)15(14)17(22)24/h8-9,12-15H,10-11H2,1-7H3. The Labute approximate surface area is 156 Å². The first-order chi connectivity index (χ1) is 11.8. The molecular formula is C21H31NO4. The summed E-state index contributed by atoms with van der Waals surface area (Å²) in [6, 6.07) is 0. The van der Waals surface area contributed by atoms with Crippen molar-refractivity contribution in [3.05, 3.63) is 12.2 Å². The summed E-state index contributed by atoms with van der Waals surface area (Å²) in [5.74, 6) is -1.69. The average Bonchev–Trinajstić information content (AvgIpc) is 3.13. The van der Waals surface area contributed by atoms with E-state index < -0.39 is 11.4 Å². The minimum atomic E-state index is -0.819. The third kappa shape index (κ3) is 2.80. The lowest BCUT2D eigenvalue weighted by Gasteiger charge is -2.43. The highest BCUT2D eigenvalue weighted by molar-refractivity contribution is 6.06. The van der Waals surface area contributed by atoms with Crippen LogP contribution in [0.25, 0.3) is 0 Å². The van der Waals surface area contributed by atoms with Crippen LogP contribution in [0.15, 0.2) is 12.2 Å². The average molecular weight is 361 g/mol. The first-order valence-electron chi connectivity index (χ1n) is 9.55. The topological polar surface area (TPSA) is 63.7 Å². The fourth-order valence-corrected chi connectivity index (χ4v) is 4.85. The van der Waals surface area contributed by atoms with Crippen molar-refractivity contribution >= 4 is 17.8 Å². The number of nitrogens with zero attached hydrogens (tertiary/aromatic N) is 1. The monoisotopic (exact) mass is 361 g/mol. The van der Waals surface area contributed by atoms with Gasteiger partial charge in [0.1, 0.15) is 0 Å². The van der Waals surface area contributed by atoms with E-state index in [2.05, 4.69) is 20.8 Å². The molecule has 2 amide bonds. The fraction of sp³-hybridized carbons (Fsp3) is 0.762. The summed E-state index contributed by atoms with van der Waals surface area (Å²) in [4.78, 5) is 44.2. The Morgan fingerprint density at radius 3 is 1.85 bits per heavy atom. The molecule has 0 aromatic carbocycles. The number of carbonyl (C=O) groups is 3. The SMILES string of the molecule is CC(C)(C)CC(C)(C(=O)ON1C(=O)C2C3C=CC(C3)C2C1=O)C(C)(C)C. The van der Waals surface area contributed by atoms with Crippen molar-refractivity contribution in [1.29, 1.82) is 0 Å². The number of amides is 2. The molecule has 0 radical (unpaired) electrons. The molecule has 2 fully saturated rings. The molecule has 3 aliphatic rings. The fourth-order valence-electron chi connectivity index (χ4n) is 4.85. The number of rotatable bonds is 3. The number of hydrogen-bond donors (Lipinski definition) is 0. The van der Waals surface area contributed by atoms with Gasteiger partial charge in [-0.3, -0.25) is 9.59 Å². The molecule has 144 valence electrons. The van der Waals surface area contributed by atoms with Crippen LogP contribution in [0, 0.1) is 39.9 Å². The van der Waals surface area contributed by atoms with Gasteiger partial charge in [0, 0.05) is 0 Å². The second kappa shape index (κ2) is 5.67. The van der Waals surface area contributed by atoms with Crippen molar-refractivity contribution < 1.29 is 19.2 Å². The third-order valence-electron chi connectivity index (χ3n) is 6.59. The first kappa shape index (κ1) is 19.1. The zero-order valence-corrected chi connectivity index (χ0v) is 17.0. The highest BCUT2D eigenvalue weighted by atomic mass is 16.7. The van der Waals surface area contributed by atoms with Crippen LogP contribution in [-0.4, -0.2) is 22.8 Å². The lowest BCUT2D eigenvalue weighted by molar-refractivity contribution is -0.212. The normalized spacial score (nSPS) is 32.8. The molecule has 0 N–H and O–H groups in total. The van der Waals surface area contributed by atoms with E-state index >= 15 is 0 Å². The first-order valence-corrected chi connectivity index (χ1v) is 9.55. The molecule has 0 aromatic rings. The Kier molecular flexibility index (Phi) is 4.17. The second-order valence-electron chi connectivity index (χ2n) is 10.7. The maximum absolute atomic E-state index is 13.2. The second-order valence-corrected chi connectivity index (χ2v) is 10.7. The van der Waals surface area contributed by atoms with Gasteiger partial charge in [-0.05, 0) is 42.4 Å². The summed E-state index contributed by atoms with van der Waals surface area (Å²) in [6.45, 7) is 14.1. The number of imide groups is 1.